The van der Waals surface area contributed by atoms with Gasteiger partial charge in [-0.3, -0.25) is 19.4 Å². The number of hydrogen-bond donors (Lipinski definition) is 1. The third-order valence-electron chi connectivity index (χ3n) is 6.57. The summed E-state index contributed by atoms with van der Waals surface area (Å²) >= 11 is 0. The highest BCUT2D eigenvalue weighted by atomic mass is 19.4. The Labute approximate surface area is 224 Å². The van der Waals surface area contributed by atoms with Crippen LogP contribution in [0.1, 0.15) is 31.2 Å². The molecule has 2 aromatic heterocycles. The van der Waals surface area contributed by atoms with Crippen molar-refractivity contribution in [1.82, 2.24) is 19.7 Å². The highest BCUT2D eigenvalue weighted by molar-refractivity contribution is 5.80. The van der Waals surface area contributed by atoms with Gasteiger partial charge < -0.3 is 5.11 Å². The number of likely N-dealkylation sites (tertiary alicyclic amines) is 1. The molecule has 0 unspecified atom stereocenters. The van der Waals surface area contributed by atoms with Gasteiger partial charge in [-0.15, -0.1) is 5.10 Å². The van der Waals surface area contributed by atoms with E-state index < -0.39 is 54.0 Å². The van der Waals surface area contributed by atoms with Crippen LogP contribution < -0.4 is 4.90 Å². The Morgan fingerprint density at radius 2 is 1.98 bits per heavy atom. The standard InChI is InChI=1S/C26H25F6N5O3/c27-19-6-3-5-18(26(30,31)32)24(19)20-14-22(34-37(20)21-7-1-2-10-33-21)36(16-38)17(13-23(39)40)8-12-35-11-4-9-25(28,29)15-35/h1-3,5-7,10,14,16-17H,4,8-9,11-13,15H2,(H,39,40)/t17-/m0/s1. The molecule has 1 fully saturated rings. The number of alkyl halides is 5. The Bertz CT molecular complexity index is 1350. The number of pyridine rings is 1. The fourth-order valence-electron chi connectivity index (χ4n) is 4.78. The van der Waals surface area contributed by atoms with Crippen molar-refractivity contribution in [2.75, 3.05) is 24.5 Å². The molecule has 14 heteroatoms. The number of nitrogens with zero attached hydrogens (tertiary/aromatic N) is 5. The van der Waals surface area contributed by atoms with Crippen LogP contribution in [-0.2, 0) is 15.8 Å². The summed E-state index contributed by atoms with van der Waals surface area (Å²) in [6, 6.07) is 6.89. The highest BCUT2D eigenvalue weighted by Gasteiger charge is 2.38. The van der Waals surface area contributed by atoms with Crippen molar-refractivity contribution in [1.29, 1.82) is 0 Å². The molecule has 3 heterocycles. The topological polar surface area (TPSA) is 91.6 Å². The van der Waals surface area contributed by atoms with E-state index in [1.54, 1.807) is 6.07 Å². The Hall–Kier alpha value is -3.94. The minimum Gasteiger partial charge on any atom is -0.481 e. The molecule has 1 atom stereocenters. The number of halogens is 6. The molecule has 4 rings (SSSR count). The lowest BCUT2D eigenvalue weighted by Crippen LogP contribution is -2.45. The largest absolute Gasteiger partial charge is 0.481 e. The lowest BCUT2D eigenvalue weighted by Gasteiger charge is -2.34. The summed E-state index contributed by atoms with van der Waals surface area (Å²) in [5.41, 5.74) is -2.51. The fraction of sp³-hybridized carbons (Fsp3) is 0.385. The molecule has 1 N–H and O–H groups in total. The quantitative estimate of drug-likeness (QED) is 0.273. The first-order valence-electron chi connectivity index (χ1n) is 12.3. The maximum atomic E-state index is 15.0. The zero-order valence-corrected chi connectivity index (χ0v) is 21.0. The Kier molecular flexibility index (Phi) is 8.47. The Morgan fingerprint density at radius 3 is 2.60 bits per heavy atom. The molecular formula is C26H25F6N5O3. The van der Waals surface area contributed by atoms with Crippen LogP contribution in [-0.4, -0.2) is 68.7 Å². The monoisotopic (exact) mass is 569 g/mol. The second-order valence-corrected chi connectivity index (χ2v) is 9.44. The molecule has 0 saturated carbocycles. The lowest BCUT2D eigenvalue weighted by molar-refractivity contribution is -0.138. The molecule has 1 aliphatic heterocycles. The van der Waals surface area contributed by atoms with E-state index in [4.69, 9.17) is 0 Å². The summed E-state index contributed by atoms with van der Waals surface area (Å²) < 4.78 is 85.3. The molecular weight excluding hydrogens is 544 g/mol. The number of piperidine rings is 1. The molecule has 1 aliphatic rings. The molecule has 40 heavy (non-hydrogen) atoms. The van der Waals surface area contributed by atoms with Crippen LogP contribution in [0.15, 0.2) is 48.7 Å². The molecule has 0 spiro atoms. The maximum absolute atomic E-state index is 15.0. The second-order valence-electron chi connectivity index (χ2n) is 9.44. The van der Waals surface area contributed by atoms with Crippen LogP contribution in [0.25, 0.3) is 17.1 Å². The van der Waals surface area contributed by atoms with E-state index >= 15 is 0 Å². The van der Waals surface area contributed by atoms with Crippen LogP contribution >= 0.6 is 0 Å². The average molecular weight is 570 g/mol. The van der Waals surface area contributed by atoms with Gasteiger partial charge in [0, 0.05) is 36.8 Å². The minimum atomic E-state index is -4.94. The molecule has 0 aliphatic carbocycles. The first-order chi connectivity index (χ1) is 18.9. The number of hydrogen-bond acceptors (Lipinski definition) is 5. The lowest BCUT2D eigenvalue weighted by atomic mass is 10.0. The molecule has 1 saturated heterocycles. The van der Waals surface area contributed by atoms with Gasteiger partial charge in [0.1, 0.15) is 5.82 Å². The van der Waals surface area contributed by atoms with Gasteiger partial charge in [0.15, 0.2) is 11.6 Å². The SMILES string of the molecule is O=CN(c1cc(-c2c(F)cccc2C(F)(F)F)n(-c2ccccn2)n1)[C@@H](CCN1CCCC(F)(F)C1)CC(=O)O. The van der Waals surface area contributed by atoms with Crippen LogP contribution in [0.4, 0.5) is 32.2 Å². The molecule has 1 amide bonds. The molecule has 0 bridgehead atoms. The van der Waals surface area contributed by atoms with Crippen LogP contribution in [0.2, 0.25) is 0 Å². The first kappa shape index (κ1) is 29.1. The smallest absolute Gasteiger partial charge is 0.417 e. The van der Waals surface area contributed by atoms with Crippen molar-refractivity contribution in [3.05, 3.63) is 60.0 Å². The van der Waals surface area contributed by atoms with Crippen molar-refractivity contribution in [2.45, 2.75) is 43.8 Å². The van der Waals surface area contributed by atoms with E-state index in [1.807, 2.05) is 0 Å². The second kappa shape index (κ2) is 11.7. The van der Waals surface area contributed by atoms with Gasteiger partial charge in [0.05, 0.1) is 24.2 Å². The van der Waals surface area contributed by atoms with Gasteiger partial charge in [0.25, 0.3) is 5.92 Å². The predicted molar refractivity (Wildman–Crippen MR) is 132 cm³/mol. The number of rotatable bonds is 10. The summed E-state index contributed by atoms with van der Waals surface area (Å²) in [5.74, 6) is -5.64. The number of amides is 1. The Morgan fingerprint density at radius 1 is 1.20 bits per heavy atom. The molecule has 1 aromatic carbocycles. The van der Waals surface area contributed by atoms with Gasteiger partial charge in [-0.1, -0.05) is 12.1 Å². The third kappa shape index (κ3) is 6.61. The van der Waals surface area contributed by atoms with Crippen LogP contribution in [0.5, 0.6) is 0 Å². The van der Waals surface area contributed by atoms with Crippen molar-refractivity contribution in [3.63, 3.8) is 0 Å². The maximum Gasteiger partial charge on any atom is 0.417 e. The van der Waals surface area contributed by atoms with Crippen molar-refractivity contribution in [2.24, 2.45) is 0 Å². The molecule has 214 valence electrons. The molecule has 8 nitrogen and oxygen atoms in total. The first-order valence-corrected chi connectivity index (χ1v) is 12.3. The van der Waals surface area contributed by atoms with E-state index in [0.717, 1.165) is 27.8 Å². The molecule has 3 aromatic rings. The van der Waals surface area contributed by atoms with E-state index in [-0.39, 0.29) is 49.5 Å². The van der Waals surface area contributed by atoms with Gasteiger partial charge in [-0.25, -0.2) is 22.8 Å². The van der Waals surface area contributed by atoms with E-state index in [1.165, 1.54) is 23.2 Å². The summed E-state index contributed by atoms with van der Waals surface area (Å²) in [6.07, 6.45) is -3.99. The zero-order chi connectivity index (χ0) is 29.1. The fourth-order valence-corrected chi connectivity index (χ4v) is 4.78. The average Bonchev–Trinajstić information content (AvgIpc) is 3.31. The van der Waals surface area contributed by atoms with E-state index in [0.29, 0.717) is 12.6 Å². The van der Waals surface area contributed by atoms with Crippen LogP contribution in [0, 0.1) is 5.82 Å². The van der Waals surface area contributed by atoms with Crippen molar-refractivity contribution < 1.29 is 41.0 Å². The van der Waals surface area contributed by atoms with Gasteiger partial charge in [-0.05, 0) is 43.7 Å². The van der Waals surface area contributed by atoms with Gasteiger partial charge >= 0.3 is 12.1 Å². The third-order valence-corrected chi connectivity index (χ3v) is 6.57. The minimum absolute atomic E-state index is 0.0105. The number of carbonyl (C=O) groups is 2. The van der Waals surface area contributed by atoms with Crippen molar-refractivity contribution >= 4 is 18.2 Å². The number of carboxylic acid groups (broad SMARTS) is 1. The summed E-state index contributed by atoms with van der Waals surface area (Å²) in [6.45, 7) is -0.112. The van der Waals surface area contributed by atoms with Gasteiger partial charge in [0.2, 0.25) is 6.41 Å². The number of aliphatic carboxylic acids is 1. The number of aromatic nitrogens is 3. The normalized spacial score (nSPS) is 16.4. The molecule has 0 radical (unpaired) electrons. The number of carbonyl (C=O) groups excluding carboxylic acids is 1. The van der Waals surface area contributed by atoms with Crippen LogP contribution in [0.3, 0.4) is 0 Å². The van der Waals surface area contributed by atoms with Gasteiger partial charge in [-0.2, -0.15) is 13.2 Å². The van der Waals surface area contributed by atoms with Crippen molar-refractivity contribution in [3.8, 4) is 17.1 Å². The highest BCUT2D eigenvalue weighted by Crippen LogP contribution is 2.40. The predicted octanol–water partition coefficient (Wildman–Crippen LogP) is 5.02. The summed E-state index contributed by atoms with van der Waals surface area (Å²) in [4.78, 5) is 30.3. The number of anilines is 1. The van der Waals surface area contributed by atoms with E-state index in [9.17, 15) is 41.0 Å². The van der Waals surface area contributed by atoms with E-state index in [2.05, 4.69) is 10.1 Å². The Balaban J connectivity index is 1.77. The zero-order valence-electron chi connectivity index (χ0n) is 21.0. The number of carboxylic acids is 1. The number of benzene rings is 1. The summed E-state index contributed by atoms with van der Waals surface area (Å²) in [5, 5.41) is 13.7. The summed E-state index contributed by atoms with van der Waals surface area (Å²) in [7, 11) is 0.